The standard InChI is InChI=1S/C15H15FN2O/c1-19-15-9-14(12(17)8-11(15)16)18-7-6-10-4-2-3-5-13(10)18/h2-5,8-9H,6-7,17H2,1H3. The van der Waals surface area contributed by atoms with Crippen LogP contribution in [0.5, 0.6) is 5.75 Å². The van der Waals surface area contributed by atoms with Crippen LogP contribution >= 0.6 is 0 Å². The largest absolute Gasteiger partial charge is 0.494 e. The van der Waals surface area contributed by atoms with Gasteiger partial charge in [-0.1, -0.05) is 18.2 Å². The molecule has 0 radical (unpaired) electrons. The van der Waals surface area contributed by atoms with Crippen LogP contribution in [0.1, 0.15) is 5.56 Å². The molecule has 2 aromatic rings. The van der Waals surface area contributed by atoms with Gasteiger partial charge in [0.2, 0.25) is 0 Å². The summed E-state index contributed by atoms with van der Waals surface area (Å²) in [5.74, 6) is -0.218. The molecule has 0 aromatic heterocycles. The molecule has 0 spiro atoms. The van der Waals surface area contributed by atoms with E-state index in [1.165, 1.54) is 18.7 Å². The van der Waals surface area contributed by atoms with Crippen molar-refractivity contribution >= 4 is 17.1 Å². The molecule has 0 saturated carbocycles. The first-order chi connectivity index (χ1) is 9.20. The van der Waals surface area contributed by atoms with E-state index in [0.29, 0.717) is 5.69 Å². The number of hydrogen-bond acceptors (Lipinski definition) is 3. The predicted molar refractivity (Wildman–Crippen MR) is 74.5 cm³/mol. The van der Waals surface area contributed by atoms with Crippen LogP contribution in [-0.4, -0.2) is 13.7 Å². The Labute approximate surface area is 111 Å². The molecule has 1 aliphatic heterocycles. The van der Waals surface area contributed by atoms with Crippen LogP contribution in [-0.2, 0) is 6.42 Å². The zero-order chi connectivity index (χ0) is 13.4. The first-order valence-corrected chi connectivity index (χ1v) is 6.19. The average molecular weight is 258 g/mol. The SMILES string of the molecule is COc1cc(N2CCc3ccccc32)c(N)cc1F. The summed E-state index contributed by atoms with van der Waals surface area (Å²) in [6.07, 6.45) is 0.968. The Hall–Kier alpha value is -2.23. The molecular weight excluding hydrogens is 243 g/mol. The third-order valence-electron chi connectivity index (χ3n) is 3.48. The van der Waals surface area contributed by atoms with Gasteiger partial charge >= 0.3 is 0 Å². The Morgan fingerprint density at radius 2 is 2.00 bits per heavy atom. The molecule has 2 N–H and O–H groups in total. The highest BCUT2D eigenvalue weighted by atomic mass is 19.1. The summed E-state index contributed by atoms with van der Waals surface area (Å²) in [4.78, 5) is 2.10. The van der Waals surface area contributed by atoms with Crippen molar-refractivity contribution in [3.8, 4) is 5.75 Å². The highest BCUT2D eigenvalue weighted by Crippen LogP contribution is 2.39. The predicted octanol–water partition coefficient (Wildman–Crippen LogP) is 3.11. The van der Waals surface area contributed by atoms with Gasteiger partial charge in [0.1, 0.15) is 0 Å². The van der Waals surface area contributed by atoms with Crippen molar-refractivity contribution in [1.29, 1.82) is 0 Å². The van der Waals surface area contributed by atoms with Crippen LogP contribution in [0.25, 0.3) is 0 Å². The average Bonchev–Trinajstić information content (AvgIpc) is 2.83. The Balaban J connectivity index is 2.09. The maximum absolute atomic E-state index is 13.6. The molecule has 0 atom stereocenters. The fraction of sp³-hybridized carbons (Fsp3) is 0.200. The minimum atomic E-state index is -0.434. The number of nitrogens with two attached hydrogens (primary N) is 1. The van der Waals surface area contributed by atoms with E-state index in [4.69, 9.17) is 10.5 Å². The Bertz CT molecular complexity index is 628. The van der Waals surface area contributed by atoms with E-state index in [1.807, 2.05) is 12.1 Å². The molecule has 0 bridgehead atoms. The van der Waals surface area contributed by atoms with E-state index < -0.39 is 5.82 Å². The maximum Gasteiger partial charge on any atom is 0.167 e. The molecule has 1 aliphatic rings. The Morgan fingerprint density at radius 1 is 1.21 bits per heavy atom. The summed E-state index contributed by atoms with van der Waals surface area (Å²) in [5, 5.41) is 0. The zero-order valence-corrected chi connectivity index (χ0v) is 10.7. The van der Waals surface area contributed by atoms with E-state index in [1.54, 1.807) is 6.07 Å². The number of para-hydroxylation sites is 1. The van der Waals surface area contributed by atoms with Crippen molar-refractivity contribution in [3.63, 3.8) is 0 Å². The van der Waals surface area contributed by atoms with Gasteiger partial charge < -0.3 is 15.4 Å². The molecule has 0 fully saturated rings. The van der Waals surface area contributed by atoms with Gasteiger partial charge in [-0.3, -0.25) is 0 Å². The summed E-state index contributed by atoms with van der Waals surface area (Å²) in [5.41, 5.74) is 9.58. The third-order valence-corrected chi connectivity index (χ3v) is 3.48. The molecule has 3 rings (SSSR count). The van der Waals surface area contributed by atoms with Crippen molar-refractivity contribution in [3.05, 3.63) is 47.8 Å². The first kappa shape index (κ1) is 11.8. The minimum absolute atomic E-state index is 0.216. The summed E-state index contributed by atoms with van der Waals surface area (Å²) in [7, 11) is 1.45. The number of hydrogen-bond donors (Lipinski definition) is 1. The molecule has 2 aromatic carbocycles. The smallest absolute Gasteiger partial charge is 0.167 e. The lowest BCUT2D eigenvalue weighted by atomic mass is 10.1. The monoisotopic (exact) mass is 258 g/mol. The molecule has 4 heteroatoms. The number of anilines is 3. The second-order valence-electron chi connectivity index (χ2n) is 4.58. The van der Waals surface area contributed by atoms with Gasteiger partial charge in [-0.2, -0.15) is 0 Å². The number of halogens is 1. The van der Waals surface area contributed by atoms with Crippen molar-refractivity contribution in [2.24, 2.45) is 0 Å². The number of nitrogens with zero attached hydrogens (tertiary/aromatic N) is 1. The fourth-order valence-electron chi connectivity index (χ4n) is 2.54. The number of ether oxygens (including phenoxy) is 1. The Morgan fingerprint density at radius 3 is 2.79 bits per heavy atom. The zero-order valence-electron chi connectivity index (χ0n) is 10.7. The van der Waals surface area contributed by atoms with Gasteiger partial charge in [0.15, 0.2) is 11.6 Å². The van der Waals surface area contributed by atoms with Crippen molar-refractivity contribution in [1.82, 2.24) is 0 Å². The van der Waals surface area contributed by atoms with E-state index in [-0.39, 0.29) is 5.75 Å². The fourth-order valence-corrected chi connectivity index (χ4v) is 2.54. The van der Waals surface area contributed by atoms with Gasteiger partial charge in [-0.05, 0) is 18.1 Å². The van der Waals surface area contributed by atoms with E-state index >= 15 is 0 Å². The molecular formula is C15H15FN2O. The van der Waals surface area contributed by atoms with Crippen molar-refractivity contribution < 1.29 is 9.13 Å². The number of fused-ring (bicyclic) bond motifs is 1. The summed E-state index contributed by atoms with van der Waals surface area (Å²) < 4.78 is 18.6. The van der Waals surface area contributed by atoms with E-state index in [2.05, 4.69) is 17.0 Å². The lowest BCUT2D eigenvalue weighted by Crippen LogP contribution is -2.15. The Kier molecular flexibility index (Phi) is 2.78. The second kappa shape index (κ2) is 4.46. The molecule has 0 saturated heterocycles. The van der Waals surface area contributed by atoms with Crippen LogP contribution in [0.3, 0.4) is 0 Å². The molecule has 1 heterocycles. The second-order valence-corrected chi connectivity index (χ2v) is 4.58. The molecule has 19 heavy (non-hydrogen) atoms. The summed E-state index contributed by atoms with van der Waals surface area (Å²) in [6.45, 7) is 0.846. The van der Waals surface area contributed by atoms with Crippen molar-refractivity contribution in [2.75, 3.05) is 24.3 Å². The van der Waals surface area contributed by atoms with Crippen LogP contribution in [0.4, 0.5) is 21.5 Å². The summed E-state index contributed by atoms with van der Waals surface area (Å²) >= 11 is 0. The first-order valence-electron chi connectivity index (χ1n) is 6.19. The van der Waals surface area contributed by atoms with Gasteiger partial charge in [-0.25, -0.2) is 4.39 Å². The number of benzene rings is 2. The molecule has 98 valence electrons. The highest BCUT2D eigenvalue weighted by molar-refractivity contribution is 5.79. The van der Waals surface area contributed by atoms with Gasteiger partial charge in [0.05, 0.1) is 18.5 Å². The quantitative estimate of drug-likeness (QED) is 0.841. The van der Waals surface area contributed by atoms with E-state index in [9.17, 15) is 4.39 Å². The summed E-state index contributed by atoms with van der Waals surface area (Å²) in [6, 6.07) is 11.1. The molecule has 0 unspecified atom stereocenters. The number of rotatable bonds is 2. The number of nitrogen functional groups attached to an aromatic ring is 1. The third kappa shape index (κ3) is 1.89. The normalized spacial score (nSPS) is 13.5. The lowest BCUT2D eigenvalue weighted by molar-refractivity contribution is 0.387. The lowest BCUT2D eigenvalue weighted by Gasteiger charge is -2.22. The van der Waals surface area contributed by atoms with Gasteiger partial charge in [0, 0.05) is 24.4 Å². The molecule has 0 aliphatic carbocycles. The maximum atomic E-state index is 13.6. The van der Waals surface area contributed by atoms with Crippen LogP contribution < -0.4 is 15.4 Å². The minimum Gasteiger partial charge on any atom is -0.494 e. The number of methoxy groups -OCH3 is 1. The van der Waals surface area contributed by atoms with Crippen molar-refractivity contribution in [2.45, 2.75) is 6.42 Å². The topological polar surface area (TPSA) is 38.5 Å². The van der Waals surface area contributed by atoms with Gasteiger partial charge in [-0.15, -0.1) is 0 Å². The van der Waals surface area contributed by atoms with Crippen LogP contribution in [0, 0.1) is 5.82 Å². The van der Waals surface area contributed by atoms with Gasteiger partial charge in [0.25, 0.3) is 0 Å². The van der Waals surface area contributed by atoms with E-state index in [0.717, 1.165) is 24.3 Å². The van der Waals surface area contributed by atoms with Crippen LogP contribution in [0.15, 0.2) is 36.4 Å². The van der Waals surface area contributed by atoms with Crippen LogP contribution in [0.2, 0.25) is 0 Å². The molecule has 3 nitrogen and oxygen atoms in total. The molecule has 0 amide bonds. The highest BCUT2D eigenvalue weighted by Gasteiger charge is 2.22.